The second-order valence-electron chi connectivity index (χ2n) is 6.80. The average molecular weight is 433 g/mol. The minimum Gasteiger partial charge on any atom is -0.504 e. The summed E-state index contributed by atoms with van der Waals surface area (Å²) in [7, 11) is 1.46. The Morgan fingerprint density at radius 2 is 1.62 bits per heavy atom. The topological polar surface area (TPSA) is 110 Å². The molecule has 0 fully saturated rings. The van der Waals surface area contributed by atoms with Crippen molar-refractivity contribution >= 4 is 28.9 Å². The number of anilines is 1. The Hall–Kier alpha value is -4.20. The third-order valence-electron chi connectivity index (χ3n) is 4.41. The van der Waals surface area contributed by atoms with Crippen molar-refractivity contribution in [2.75, 3.05) is 19.0 Å². The summed E-state index contributed by atoms with van der Waals surface area (Å²) in [5.41, 5.74) is 2.70. The lowest BCUT2D eigenvalue weighted by molar-refractivity contribution is -0.147. The normalized spacial score (nSPS) is 10.7. The number of esters is 1. The summed E-state index contributed by atoms with van der Waals surface area (Å²) >= 11 is 0. The number of amides is 1. The van der Waals surface area contributed by atoms with Gasteiger partial charge >= 0.3 is 5.97 Å². The maximum atomic E-state index is 12.0. The van der Waals surface area contributed by atoms with Crippen molar-refractivity contribution in [2.24, 2.45) is 10.2 Å². The Morgan fingerprint density at radius 3 is 2.28 bits per heavy atom. The van der Waals surface area contributed by atoms with Crippen LogP contribution in [-0.2, 0) is 20.7 Å². The van der Waals surface area contributed by atoms with Gasteiger partial charge in [0.1, 0.15) is 0 Å². The highest BCUT2D eigenvalue weighted by molar-refractivity contribution is 5.92. The highest BCUT2D eigenvalue weighted by Crippen LogP contribution is 2.26. The predicted octanol–water partition coefficient (Wildman–Crippen LogP) is 4.93. The minimum absolute atomic E-state index is 0.00491. The van der Waals surface area contributed by atoms with E-state index in [-0.39, 0.29) is 18.8 Å². The molecule has 164 valence electrons. The van der Waals surface area contributed by atoms with Crippen LogP contribution in [0.3, 0.4) is 0 Å². The number of carbonyl (C=O) groups is 2. The predicted molar refractivity (Wildman–Crippen MR) is 120 cm³/mol. The van der Waals surface area contributed by atoms with Gasteiger partial charge in [-0.2, -0.15) is 10.2 Å². The van der Waals surface area contributed by atoms with Crippen molar-refractivity contribution in [1.82, 2.24) is 0 Å². The molecule has 2 N–H and O–H groups in total. The first-order valence-electron chi connectivity index (χ1n) is 9.91. The van der Waals surface area contributed by atoms with E-state index < -0.39 is 11.9 Å². The third-order valence-corrected chi connectivity index (χ3v) is 4.41. The second-order valence-corrected chi connectivity index (χ2v) is 6.80. The minimum atomic E-state index is -0.507. The number of azo groups is 1. The number of phenols is 1. The molecule has 0 unspecified atom stereocenters. The fourth-order valence-corrected chi connectivity index (χ4v) is 2.77. The van der Waals surface area contributed by atoms with Gasteiger partial charge in [-0.1, -0.05) is 24.3 Å². The molecular formula is C24H23N3O5. The number of aryl methyl sites for hydroxylation is 1. The quantitative estimate of drug-likeness (QED) is 0.367. The summed E-state index contributed by atoms with van der Waals surface area (Å²) in [5.74, 6) is -0.586. The van der Waals surface area contributed by atoms with Gasteiger partial charge in [0.15, 0.2) is 18.1 Å². The van der Waals surface area contributed by atoms with Crippen molar-refractivity contribution in [3.8, 4) is 11.5 Å². The number of benzene rings is 3. The summed E-state index contributed by atoms with van der Waals surface area (Å²) in [4.78, 5) is 23.9. The molecule has 0 spiro atoms. The van der Waals surface area contributed by atoms with E-state index in [1.54, 1.807) is 36.4 Å². The Kier molecular flexibility index (Phi) is 7.91. The van der Waals surface area contributed by atoms with Crippen molar-refractivity contribution in [1.29, 1.82) is 0 Å². The van der Waals surface area contributed by atoms with Crippen LogP contribution in [0.2, 0.25) is 0 Å². The van der Waals surface area contributed by atoms with E-state index >= 15 is 0 Å². The molecule has 0 aliphatic heterocycles. The number of carbonyl (C=O) groups excluding carboxylic acids is 2. The maximum absolute atomic E-state index is 12.0. The molecule has 3 aromatic carbocycles. The van der Waals surface area contributed by atoms with Gasteiger partial charge in [-0.3, -0.25) is 9.59 Å². The first kappa shape index (κ1) is 22.5. The van der Waals surface area contributed by atoms with Crippen LogP contribution < -0.4 is 10.1 Å². The number of phenolic OH excluding ortho intramolecular Hbond substituents is 1. The lowest BCUT2D eigenvalue weighted by Crippen LogP contribution is -2.21. The van der Waals surface area contributed by atoms with E-state index in [1.165, 1.54) is 13.2 Å². The van der Waals surface area contributed by atoms with Gasteiger partial charge < -0.3 is 19.9 Å². The zero-order chi connectivity index (χ0) is 22.8. The molecule has 0 saturated heterocycles. The summed E-state index contributed by atoms with van der Waals surface area (Å²) < 4.78 is 9.99. The monoisotopic (exact) mass is 433 g/mol. The van der Waals surface area contributed by atoms with Crippen LogP contribution in [0.4, 0.5) is 17.1 Å². The van der Waals surface area contributed by atoms with Crippen molar-refractivity contribution in [3.05, 3.63) is 78.4 Å². The van der Waals surface area contributed by atoms with Crippen LogP contribution in [-0.4, -0.2) is 30.7 Å². The Balaban J connectivity index is 1.41. The number of ether oxygens (including phenoxy) is 2. The number of rotatable bonds is 9. The van der Waals surface area contributed by atoms with E-state index in [9.17, 15) is 14.7 Å². The van der Waals surface area contributed by atoms with Gasteiger partial charge in [0.05, 0.1) is 18.5 Å². The highest BCUT2D eigenvalue weighted by atomic mass is 16.5. The average Bonchev–Trinajstić information content (AvgIpc) is 2.82. The number of methoxy groups -OCH3 is 1. The number of nitrogens with one attached hydrogen (secondary N) is 1. The lowest BCUT2D eigenvalue weighted by Gasteiger charge is -2.08. The zero-order valence-electron chi connectivity index (χ0n) is 17.5. The smallest absolute Gasteiger partial charge is 0.306 e. The van der Waals surface area contributed by atoms with Crippen LogP contribution in [0.15, 0.2) is 83.0 Å². The van der Waals surface area contributed by atoms with Gasteiger partial charge in [0, 0.05) is 12.1 Å². The first-order chi connectivity index (χ1) is 15.5. The Bertz CT molecular complexity index is 1080. The van der Waals surface area contributed by atoms with Crippen LogP contribution in [0.25, 0.3) is 0 Å². The number of aromatic hydroxyl groups is 1. The molecule has 1 amide bonds. The molecular weight excluding hydrogens is 410 g/mol. The summed E-state index contributed by atoms with van der Waals surface area (Å²) in [6.07, 6.45) is 0.456. The van der Waals surface area contributed by atoms with Gasteiger partial charge in [-0.25, -0.2) is 0 Å². The molecule has 32 heavy (non-hydrogen) atoms. The third kappa shape index (κ3) is 6.94. The largest absolute Gasteiger partial charge is 0.504 e. The number of hydrogen-bond acceptors (Lipinski definition) is 7. The lowest BCUT2D eigenvalue weighted by atomic mass is 10.1. The Morgan fingerprint density at radius 1 is 0.938 bits per heavy atom. The van der Waals surface area contributed by atoms with Crippen LogP contribution in [0, 0.1) is 0 Å². The van der Waals surface area contributed by atoms with Crippen molar-refractivity contribution in [3.63, 3.8) is 0 Å². The van der Waals surface area contributed by atoms with E-state index in [0.29, 0.717) is 23.5 Å². The molecule has 0 bridgehead atoms. The van der Waals surface area contributed by atoms with E-state index in [4.69, 9.17) is 9.47 Å². The van der Waals surface area contributed by atoms with Crippen LogP contribution >= 0.6 is 0 Å². The summed E-state index contributed by atoms with van der Waals surface area (Å²) in [6, 6.07) is 21.1. The number of nitrogens with zero attached hydrogens (tertiary/aromatic N) is 2. The summed E-state index contributed by atoms with van der Waals surface area (Å²) in [5, 5.41) is 20.7. The molecule has 0 aliphatic rings. The zero-order valence-corrected chi connectivity index (χ0v) is 17.5. The SMILES string of the molecule is COc1ccc(CCC(=O)OCC(=O)Nc2ccc(N=Nc3ccccc3)cc2)cc1O. The van der Waals surface area contributed by atoms with Crippen molar-refractivity contribution < 1.29 is 24.2 Å². The van der Waals surface area contributed by atoms with Crippen molar-refractivity contribution in [2.45, 2.75) is 12.8 Å². The highest BCUT2D eigenvalue weighted by Gasteiger charge is 2.10. The molecule has 8 heteroatoms. The molecule has 8 nitrogen and oxygen atoms in total. The molecule has 0 heterocycles. The van der Waals surface area contributed by atoms with Crippen LogP contribution in [0.5, 0.6) is 11.5 Å². The van der Waals surface area contributed by atoms with Gasteiger partial charge in [0.2, 0.25) is 0 Å². The molecule has 0 radical (unpaired) electrons. The van der Waals surface area contributed by atoms with Crippen LogP contribution in [0.1, 0.15) is 12.0 Å². The summed E-state index contributed by atoms with van der Waals surface area (Å²) in [6.45, 7) is -0.387. The standard InChI is InChI=1S/C24H23N3O5/c1-31-22-13-7-17(15-21(22)28)8-14-24(30)32-16-23(29)25-18-9-11-20(12-10-18)27-26-19-5-3-2-4-6-19/h2-7,9-13,15,28H,8,14,16H2,1H3,(H,25,29). The molecule has 0 saturated carbocycles. The van der Waals surface area contributed by atoms with Gasteiger partial charge in [0.25, 0.3) is 5.91 Å². The fourth-order valence-electron chi connectivity index (χ4n) is 2.77. The van der Waals surface area contributed by atoms with E-state index in [0.717, 1.165) is 11.3 Å². The number of hydrogen-bond donors (Lipinski definition) is 2. The molecule has 3 rings (SSSR count). The van der Waals surface area contributed by atoms with Gasteiger partial charge in [-0.15, -0.1) is 0 Å². The molecule has 0 aliphatic carbocycles. The van der Waals surface area contributed by atoms with Gasteiger partial charge in [-0.05, 0) is 60.5 Å². The molecule has 3 aromatic rings. The molecule has 0 aromatic heterocycles. The Labute approximate surface area is 185 Å². The molecule has 0 atom stereocenters. The maximum Gasteiger partial charge on any atom is 0.306 e. The van der Waals surface area contributed by atoms with E-state index in [1.807, 2.05) is 30.3 Å². The first-order valence-corrected chi connectivity index (χ1v) is 9.91. The van der Waals surface area contributed by atoms with E-state index in [2.05, 4.69) is 15.5 Å². The second kappa shape index (κ2) is 11.3. The fraction of sp³-hybridized carbons (Fsp3) is 0.167.